The van der Waals surface area contributed by atoms with Gasteiger partial charge in [-0.25, -0.2) is 0 Å². The van der Waals surface area contributed by atoms with Gasteiger partial charge in [0.15, 0.2) is 5.78 Å². The molecule has 0 saturated heterocycles. The van der Waals surface area contributed by atoms with Gasteiger partial charge in [-0.05, 0) is 56.9 Å². The maximum atomic E-state index is 11.7. The normalized spacial score (nSPS) is 12.5. The minimum Gasteiger partial charge on any atom is -0.496 e. The Morgan fingerprint density at radius 3 is 2.59 bits per heavy atom. The molecule has 32 heavy (non-hydrogen) atoms. The van der Waals surface area contributed by atoms with Crippen LogP contribution in [0.2, 0.25) is 0 Å². The first-order chi connectivity index (χ1) is 15.4. The van der Waals surface area contributed by atoms with E-state index in [2.05, 4.69) is 32.6 Å². The maximum absolute atomic E-state index is 11.7. The lowest BCUT2D eigenvalue weighted by molar-refractivity contribution is -0.128. The monoisotopic (exact) mass is 440 g/mol. The number of fused-ring (bicyclic) bond motifs is 1. The Kier molecular flexibility index (Phi) is 12.1. The van der Waals surface area contributed by atoms with E-state index < -0.39 is 6.10 Å². The fraction of sp³-hybridized carbons (Fsp3) is 0.393. The number of ketones is 1. The molecule has 2 aromatic carbocycles. The third-order valence-electron chi connectivity index (χ3n) is 4.99. The van der Waals surface area contributed by atoms with Crippen LogP contribution in [0, 0.1) is 13.8 Å². The minimum absolute atomic E-state index is 0. The van der Waals surface area contributed by atoms with Crippen LogP contribution >= 0.6 is 0 Å². The smallest absolute Gasteiger partial charge is 0.163 e. The number of benzene rings is 2. The van der Waals surface area contributed by atoms with Crippen LogP contribution in [0.4, 0.5) is 0 Å². The summed E-state index contributed by atoms with van der Waals surface area (Å²) in [5, 5.41) is 0. The first-order valence-corrected chi connectivity index (χ1v) is 11.2. The average molecular weight is 441 g/mol. The van der Waals surface area contributed by atoms with E-state index in [1.807, 2.05) is 57.2 Å². The Hall–Kier alpha value is -2.85. The topological polar surface area (TPSA) is 44.8 Å². The van der Waals surface area contributed by atoms with Gasteiger partial charge in [0.1, 0.15) is 17.6 Å². The van der Waals surface area contributed by atoms with Crippen LogP contribution in [0.1, 0.15) is 69.5 Å². The van der Waals surface area contributed by atoms with Gasteiger partial charge in [0.2, 0.25) is 0 Å². The molecule has 4 nitrogen and oxygen atoms in total. The van der Waals surface area contributed by atoms with Crippen molar-refractivity contribution in [1.82, 2.24) is 0 Å². The van der Waals surface area contributed by atoms with Crippen molar-refractivity contribution < 1.29 is 20.4 Å². The summed E-state index contributed by atoms with van der Waals surface area (Å²) < 4.78 is 16.5. The molecule has 0 N–H and O–H groups in total. The standard InChI is InChI=1S/C15H18O3.C11H14O.C2H6.H2/c1-3-17-14(11(2)16)13-9-6-8-12-7-4-5-10-18-15(12)13;1-5-10-6-8(2)9(3)11(7-10)12-4;1-2;/h4,6-9,14H,3,5,10H2,1-2H3;5-7H,1H2,2-4H3;1-2H3;1H. The summed E-state index contributed by atoms with van der Waals surface area (Å²) in [6, 6.07) is 9.92. The molecular weight excluding hydrogens is 400 g/mol. The summed E-state index contributed by atoms with van der Waals surface area (Å²) in [7, 11) is 1.69. The van der Waals surface area contributed by atoms with Gasteiger partial charge in [-0.15, -0.1) is 0 Å². The summed E-state index contributed by atoms with van der Waals surface area (Å²) >= 11 is 0. The number of methoxy groups -OCH3 is 1. The molecule has 0 aromatic heterocycles. The average Bonchev–Trinajstić information content (AvgIpc) is 3.06. The maximum Gasteiger partial charge on any atom is 0.163 e. The fourth-order valence-electron chi connectivity index (χ4n) is 3.29. The third-order valence-corrected chi connectivity index (χ3v) is 4.99. The van der Waals surface area contributed by atoms with Crippen molar-refractivity contribution in [3.8, 4) is 11.5 Å². The summed E-state index contributed by atoms with van der Waals surface area (Å²) in [5.41, 5.74) is 5.38. The zero-order valence-electron chi connectivity index (χ0n) is 20.7. The molecule has 2 aromatic rings. The summed E-state index contributed by atoms with van der Waals surface area (Å²) in [6.45, 7) is 16.4. The van der Waals surface area contributed by atoms with Crippen molar-refractivity contribution in [3.05, 3.63) is 70.8 Å². The summed E-state index contributed by atoms with van der Waals surface area (Å²) in [6.07, 6.45) is 6.30. The first kappa shape index (κ1) is 27.2. The van der Waals surface area contributed by atoms with Crippen LogP contribution < -0.4 is 9.47 Å². The van der Waals surface area contributed by atoms with Gasteiger partial charge in [-0.1, -0.05) is 62.9 Å². The number of carbonyl (C=O) groups excluding carboxylic acids is 1. The molecule has 1 aliphatic heterocycles. The number of ether oxygens (including phenoxy) is 3. The van der Waals surface area contributed by atoms with E-state index in [1.54, 1.807) is 14.0 Å². The van der Waals surface area contributed by atoms with Crippen LogP contribution in [0.3, 0.4) is 0 Å². The molecule has 0 spiro atoms. The molecule has 1 unspecified atom stereocenters. The minimum atomic E-state index is -0.531. The molecule has 0 radical (unpaired) electrons. The first-order valence-electron chi connectivity index (χ1n) is 11.2. The molecule has 0 fully saturated rings. The van der Waals surface area contributed by atoms with Crippen molar-refractivity contribution >= 4 is 17.9 Å². The van der Waals surface area contributed by atoms with E-state index in [4.69, 9.17) is 14.2 Å². The quantitative estimate of drug-likeness (QED) is 0.470. The Labute approximate surface area is 195 Å². The lowest BCUT2D eigenvalue weighted by atomic mass is 10.0. The van der Waals surface area contributed by atoms with Gasteiger partial charge in [-0.3, -0.25) is 4.79 Å². The number of hydrogen-bond donors (Lipinski definition) is 0. The van der Waals surface area contributed by atoms with Crippen LogP contribution in [0.25, 0.3) is 12.2 Å². The second-order valence-electron chi connectivity index (χ2n) is 7.12. The van der Waals surface area contributed by atoms with Crippen LogP contribution in [-0.2, 0) is 9.53 Å². The molecule has 1 aliphatic rings. The van der Waals surface area contributed by atoms with Crippen LogP contribution in [0.15, 0.2) is 43.0 Å². The van der Waals surface area contributed by atoms with Gasteiger partial charge in [-0.2, -0.15) is 0 Å². The number of hydrogen-bond acceptors (Lipinski definition) is 4. The van der Waals surface area contributed by atoms with Gasteiger partial charge in [0.25, 0.3) is 0 Å². The van der Waals surface area contributed by atoms with Crippen LogP contribution in [-0.4, -0.2) is 26.1 Å². The highest BCUT2D eigenvalue weighted by Crippen LogP contribution is 2.34. The van der Waals surface area contributed by atoms with E-state index in [-0.39, 0.29) is 7.21 Å². The predicted octanol–water partition coefficient (Wildman–Crippen LogP) is 7.38. The molecule has 4 heteroatoms. The Balaban J connectivity index is 0.000000599. The van der Waals surface area contributed by atoms with E-state index in [1.165, 1.54) is 11.1 Å². The van der Waals surface area contributed by atoms with Crippen molar-refractivity contribution in [1.29, 1.82) is 0 Å². The fourth-order valence-corrected chi connectivity index (χ4v) is 3.29. The van der Waals surface area contributed by atoms with E-state index in [0.29, 0.717) is 13.2 Å². The zero-order chi connectivity index (χ0) is 24.1. The Bertz CT molecular complexity index is 918. The SMILES string of the molecule is C=Cc1cc(C)c(C)c(OC)c1.CC.CCOC(C(C)=O)c1cccc2c1OCCC=C2.[HH]. The van der Waals surface area contributed by atoms with Crippen molar-refractivity contribution in [2.45, 2.75) is 54.1 Å². The van der Waals surface area contributed by atoms with Gasteiger partial charge < -0.3 is 14.2 Å². The van der Waals surface area contributed by atoms with Gasteiger partial charge in [0.05, 0.1) is 13.7 Å². The molecule has 176 valence electrons. The highest BCUT2D eigenvalue weighted by molar-refractivity contribution is 5.83. The number of aryl methyl sites for hydroxylation is 1. The molecule has 0 saturated carbocycles. The highest BCUT2D eigenvalue weighted by Gasteiger charge is 2.23. The third kappa shape index (κ3) is 7.38. The van der Waals surface area contributed by atoms with Crippen molar-refractivity contribution in [2.75, 3.05) is 20.3 Å². The van der Waals surface area contributed by atoms with Crippen molar-refractivity contribution in [2.24, 2.45) is 0 Å². The lowest BCUT2D eigenvalue weighted by Crippen LogP contribution is -2.15. The van der Waals surface area contributed by atoms with E-state index in [9.17, 15) is 4.79 Å². The summed E-state index contributed by atoms with van der Waals surface area (Å²) in [4.78, 5) is 11.7. The Morgan fingerprint density at radius 2 is 2.00 bits per heavy atom. The van der Waals surface area contributed by atoms with Crippen LogP contribution in [0.5, 0.6) is 11.5 Å². The molecule has 0 aliphatic carbocycles. The van der Waals surface area contributed by atoms with Gasteiger partial charge in [0, 0.05) is 19.2 Å². The second kappa shape index (κ2) is 14.3. The number of carbonyl (C=O) groups is 1. The zero-order valence-corrected chi connectivity index (χ0v) is 20.7. The Morgan fingerprint density at radius 1 is 1.28 bits per heavy atom. The molecular formula is C28H40O4. The van der Waals surface area contributed by atoms with Gasteiger partial charge >= 0.3 is 0 Å². The molecule has 0 amide bonds. The van der Waals surface area contributed by atoms with E-state index >= 15 is 0 Å². The largest absolute Gasteiger partial charge is 0.496 e. The highest BCUT2D eigenvalue weighted by atomic mass is 16.5. The van der Waals surface area contributed by atoms with Crippen molar-refractivity contribution in [3.63, 3.8) is 0 Å². The molecule has 1 atom stereocenters. The number of rotatable bonds is 6. The summed E-state index contributed by atoms with van der Waals surface area (Å²) in [5.74, 6) is 1.71. The second-order valence-corrected chi connectivity index (χ2v) is 7.12. The molecule has 3 rings (SSSR count). The van der Waals surface area contributed by atoms with E-state index in [0.717, 1.165) is 34.6 Å². The molecule has 1 heterocycles. The number of para-hydroxylation sites is 1. The number of Topliss-reactive ketones (excluding diaryl/α,β-unsaturated/α-hetero) is 1. The molecule has 0 bridgehead atoms. The lowest BCUT2D eigenvalue weighted by Gasteiger charge is -2.19. The predicted molar refractivity (Wildman–Crippen MR) is 137 cm³/mol.